The minimum Gasteiger partial charge on any atom is -0.489 e. The van der Waals surface area contributed by atoms with Gasteiger partial charge in [0.15, 0.2) is 0 Å². The Bertz CT molecular complexity index is 713. The fourth-order valence-electron chi connectivity index (χ4n) is 2.28. The molecule has 1 atom stereocenters. The van der Waals surface area contributed by atoms with E-state index >= 15 is 0 Å². The predicted octanol–water partition coefficient (Wildman–Crippen LogP) is 3.03. The molecule has 0 saturated carbocycles. The van der Waals surface area contributed by atoms with Gasteiger partial charge in [0.1, 0.15) is 18.4 Å². The zero-order valence-electron chi connectivity index (χ0n) is 14.4. The number of carbonyl (C=O) groups is 2. The zero-order chi connectivity index (χ0) is 18.2. The molecule has 0 unspecified atom stereocenters. The van der Waals surface area contributed by atoms with E-state index in [1.165, 1.54) is 0 Å². The van der Waals surface area contributed by atoms with Crippen LogP contribution in [0.25, 0.3) is 0 Å². The number of rotatable bonds is 8. The molecule has 0 radical (unpaired) electrons. The number of carboxylic acid groups (broad SMARTS) is 1. The van der Waals surface area contributed by atoms with Crippen LogP contribution in [0.15, 0.2) is 54.6 Å². The first-order chi connectivity index (χ1) is 12.0. The standard InChI is InChI=1S/C20H23NO4/c1-14(2)19(22)21-18(20(23)24)12-16-9-6-10-17(11-16)25-13-15-7-4-3-5-8-15/h3-11,14,18H,12-13H2,1-2H3,(H,21,22)(H,23,24)/t18-/m1/s1. The fourth-order valence-corrected chi connectivity index (χ4v) is 2.28. The summed E-state index contributed by atoms with van der Waals surface area (Å²) in [5.74, 6) is -0.920. The third kappa shape index (κ3) is 5.95. The Kier molecular flexibility index (Phi) is 6.57. The Balaban J connectivity index is 2.01. The van der Waals surface area contributed by atoms with Crippen molar-refractivity contribution in [3.63, 3.8) is 0 Å². The molecule has 0 aliphatic rings. The van der Waals surface area contributed by atoms with Gasteiger partial charge in [0.2, 0.25) is 5.91 Å². The predicted molar refractivity (Wildman–Crippen MR) is 95.3 cm³/mol. The van der Waals surface area contributed by atoms with Crippen LogP contribution in [-0.2, 0) is 22.6 Å². The summed E-state index contributed by atoms with van der Waals surface area (Å²) in [6.07, 6.45) is 0.205. The number of carbonyl (C=O) groups excluding carboxylic acids is 1. The van der Waals surface area contributed by atoms with Crippen molar-refractivity contribution in [2.75, 3.05) is 0 Å². The van der Waals surface area contributed by atoms with Crippen LogP contribution >= 0.6 is 0 Å². The Hall–Kier alpha value is -2.82. The molecule has 0 fully saturated rings. The Morgan fingerprint density at radius 2 is 1.72 bits per heavy atom. The first-order valence-corrected chi connectivity index (χ1v) is 8.24. The molecular weight excluding hydrogens is 318 g/mol. The van der Waals surface area contributed by atoms with E-state index in [4.69, 9.17) is 4.74 Å². The summed E-state index contributed by atoms with van der Waals surface area (Å²) in [5, 5.41) is 11.9. The number of amides is 1. The van der Waals surface area contributed by atoms with Gasteiger partial charge >= 0.3 is 5.97 Å². The van der Waals surface area contributed by atoms with Crippen LogP contribution in [-0.4, -0.2) is 23.0 Å². The second kappa shape index (κ2) is 8.87. The Morgan fingerprint density at radius 1 is 1.04 bits per heavy atom. The lowest BCUT2D eigenvalue weighted by Gasteiger charge is -2.16. The molecule has 5 heteroatoms. The lowest BCUT2D eigenvalue weighted by atomic mass is 10.0. The normalized spacial score (nSPS) is 11.8. The largest absolute Gasteiger partial charge is 0.489 e. The van der Waals surface area contributed by atoms with Crippen LogP contribution in [0.3, 0.4) is 0 Å². The highest BCUT2D eigenvalue weighted by atomic mass is 16.5. The highest BCUT2D eigenvalue weighted by molar-refractivity contribution is 5.84. The van der Waals surface area contributed by atoms with E-state index in [0.29, 0.717) is 12.4 Å². The van der Waals surface area contributed by atoms with E-state index < -0.39 is 12.0 Å². The molecule has 0 bridgehead atoms. The van der Waals surface area contributed by atoms with Gasteiger partial charge in [-0.15, -0.1) is 0 Å². The summed E-state index contributed by atoms with van der Waals surface area (Å²) in [6, 6.07) is 16.1. The minimum absolute atomic E-state index is 0.205. The van der Waals surface area contributed by atoms with Gasteiger partial charge in [-0.25, -0.2) is 4.79 Å². The van der Waals surface area contributed by atoms with Crippen LogP contribution in [0, 0.1) is 5.92 Å². The maximum absolute atomic E-state index is 11.8. The number of benzene rings is 2. The molecular formula is C20H23NO4. The first kappa shape index (κ1) is 18.5. The summed E-state index contributed by atoms with van der Waals surface area (Å²) < 4.78 is 5.76. The van der Waals surface area contributed by atoms with E-state index in [1.807, 2.05) is 48.5 Å². The number of ether oxygens (including phenoxy) is 1. The van der Waals surface area contributed by atoms with Gasteiger partial charge in [0.25, 0.3) is 0 Å². The second-order valence-corrected chi connectivity index (χ2v) is 6.18. The van der Waals surface area contributed by atoms with Gasteiger partial charge in [0, 0.05) is 12.3 Å². The van der Waals surface area contributed by atoms with Crippen LogP contribution in [0.2, 0.25) is 0 Å². The van der Waals surface area contributed by atoms with Crippen LogP contribution < -0.4 is 10.1 Å². The lowest BCUT2D eigenvalue weighted by molar-refractivity contribution is -0.142. The van der Waals surface area contributed by atoms with Crippen molar-refractivity contribution in [2.24, 2.45) is 5.92 Å². The quantitative estimate of drug-likeness (QED) is 0.774. The summed E-state index contributed by atoms with van der Waals surface area (Å²) in [6.45, 7) is 3.90. The molecule has 0 aliphatic heterocycles. The van der Waals surface area contributed by atoms with Crippen molar-refractivity contribution in [2.45, 2.75) is 32.9 Å². The molecule has 2 N–H and O–H groups in total. The molecule has 0 aliphatic carbocycles. The molecule has 0 spiro atoms. The summed E-state index contributed by atoms with van der Waals surface area (Å²) >= 11 is 0. The van der Waals surface area contributed by atoms with Gasteiger partial charge in [-0.2, -0.15) is 0 Å². The highest BCUT2D eigenvalue weighted by Gasteiger charge is 2.21. The number of aliphatic carboxylic acids is 1. The molecule has 25 heavy (non-hydrogen) atoms. The third-order valence-corrected chi connectivity index (χ3v) is 3.73. The summed E-state index contributed by atoms with van der Waals surface area (Å²) in [5.41, 5.74) is 1.85. The minimum atomic E-state index is -1.05. The number of hydrogen-bond donors (Lipinski definition) is 2. The maximum Gasteiger partial charge on any atom is 0.326 e. The average Bonchev–Trinajstić information content (AvgIpc) is 2.60. The third-order valence-electron chi connectivity index (χ3n) is 3.73. The van der Waals surface area contributed by atoms with Crippen LogP contribution in [0.1, 0.15) is 25.0 Å². The molecule has 0 heterocycles. The zero-order valence-corrected chi connectivity index (χ0v) is 14.4. The molecule has 2 aromatic carbocycles. The van der Waals surface area contributed by atoms with E-state index in [1.54, 1.807) is 19.9 Å². The van der Waals surface area contributed by atoms with Crippen molar-refractivity contribution in [3.8, 4) is 5.75 Å². The van der Waals surface area contributed by atoms with Gasteiger partial charge < -0.3 is 15.2 Å². The SMILES string of the molecule is CC(C)C(=O)N[C@H](Cc1cccc(OCc2ccccc2)c1)C(=O)O. The van der Waals surface area contributed by atoms with Crippen molar-refractivity contribution in [1.82, 2.24) is 5.32 Å². The monoisotopic (exact) mass is 341 g/mol. The Morgan fingerprint density at radius 3 is 2.36 bits per heavy atom. The average molecular weight is 341 g/mol. The van der Waals surface area contributed by atoms with Gasteiger partial charge in [0.05, 0.1) is 0 Å². The van der Waals surface area contributed by atoms with Crippen molar-refractivity contribution in [3.05, 3.63) is 65.7 Å². The van der Waals surface area contributed by atoms with Gasteiger partial charge in [-0.1, -0.05) is 56.3 Å². The van der Waals surface area contributed by atoms with Crippen molar-refractivity contribution >= 4 is 11.9 Å². The van der Waals surface area contributed by atoms with E-state index in [2.05, 4.69) is 5.32 Å². The van der Waals surface area contributed by atoms with Crippen LogP contribution in [0.4, 0.5) is 0 Å². The van der Waals surface area contributed by atoms with E-state index in [-0.39, 0.29) is 18.2 Å². The molecule has 2 rings (SSSR count). The highest BCUT2D eigenvalue weighted by Crippen LogP contribution is 2.17. The molecule has 0 saturated heterocycles. The topological polar surface area (TPSA) is 75.6 Å². The summed E-state index contributed by atoms with van der Waals surface area (Å²) in [4.78, 5) is 23.2. The van der Waals surface area contributed by atoms with E-state index in [9.17, 15) is 14.7 Å². The molecule has 2 aromatic rings. The molecule has 1 amide bonds. The molecule has 0 aromatic heterocycles. The lowest BCUT2D eigenvalue weighted by Crippen LogP contribution is -2.44. The number of hydrogen-bond acceptors (Lipinski definition) is 3. The van der Waals surface area contributed by atoms with Crippen LogP contribution in [0.5, 0.6) is 5.75 Å². The number of carboxylic acids is 1. The van der Waals surface area contributed by atoms with Crippen molar-refractivity contribution < 1.29 is 19.4 Å². The summed E-state index contributed by atoms with van der Waals surface area (Å²) in [7, 11) is 0. The smallest absolute Gasteiger partial charge is 0.326 e. The Labute approximate surface area is 147 Å². The maximum atomic E-state index is 11.8. The molecule has 132 valence electrons. The molecule has 5 nitrogen and oxygen atoms in total. The van der Waals surface area contributed by atoms with Crippen molar-refractivity contribution in [1.29, 1.82) is 0 Å². The van der Waals surface area contributed by atoms with E-state index in [0.717, 1.165) is 11.1 Å². The fraction of sp³-hybridized carbons (Fsp3) is 0.300. The number of nitrogens with one attached hydrogen (secondary N) is 1. The van der Waals surface area contributed by atoms with Gasteiger partial charge in [-0.05, 0) is 23.3 Å². The van der Waals surface area contributed by atoms with Gasteiger partial charge in [-0.3, -0.25) is 4.79 Å². The second-order valence-electron chi connectivity index (χ2n) is 6.18. The first-order valence-electron chi connectivity index (χ1n) is 8.24.